The fraction of sp³-hybridized carbons (Fsp3) is 0.481. The van der Waals surface area contributed by atoms with Gasteiger partial charge in [-0.05, 0) is 75.4 Å². The highest BCUT2D eigenvalue weighted by atomic mass is 16.5. The third-order valence-corrected chi connectivity index (χ3v) is 7.13. The molecule has 2 fully saturated rings. The van der Waals surface area contributed by atoms with Gasteiger partial charge in [0.1, 0.15) is 5.75 Å². The minimum absolute atomic E-state index is 0.129. The summed E-state index contributed by atoms with van der Waals surface area (Å²) in [5.41, 5.74) is 5.80. The van der Waals surface area contributed by atoms with E-state index >= 15 is 0 Å². The van der Waals surface area contributed by atoms with Gasteiger partial charge < -0.3 is 20.3 Å². The van der Waals surface area contributed by atoms with E-state index in [1.807, 2.05) is 6.20 Å². The van der Waals surface area contributed by atoms with E-state index in [4.69, 9.17) is 9.72 Å². The second kappa shape index (κ2) is 8.82. The maximum absolute atomic E-state index is 5.80. The molecule has 0 spiro atoms. The molecule has 6 heteroatoms. The second-order valence-electron chi connectivity index (χ2n) is 10.2. The van der Waals surface area contributed by atoms with Gasteiger partial charge in [0.25, 0.3) is 0 Å². The summed E-state index contributed by atoms with van der Waals surface area (Å²) in [6.45, 7) is 9.64. The third-order valence-electron chi connectivity index (χ3n) is 7.13. The van der Waals surface area contributed by atoms with Crippen molar-refractivity contribution in [2.75, 3.05) is 37.0 Å². The van der Waals surface area contributed by atoms with Crippen LogP contribution in [0.1, 0.15) is 56.6 Å². The van der Waals surface area contributed by atoms with Crippen LogP contribution in [-0.2, 0) is 0 Å². The summed E-state index contributed by atoms with van der Waals surface area (Å²) in [6, 6.07) is 10.7. The molecular formula is C27H35N5O. The van der Waals surface area contributed by atoms with Crippen LogP contribution in [0.5, 0.6) is 5.75 Å². The summed E-state index contributed by atoms with van der Waals surface area (Å²) in [5.74, 6) is 2.10. The molecule has 0 atom stereocenters. The van der Waals surface area contributed by atoms with E-state index < -0.39 is 0 Å². The SMILES string of the molecule is COc1cc(C)c2cnc(Nc3ccc(N4CCNC(C)(C)C4)cc3)nc2c1C1CCCC1. The summed E-state index contributed by atoms with van der Waals surface area (Å²) in [7, 11) is 1.76. The molecular weight excluding hydrogens is 410 g/mol. The van der Waals surface area contributed by atoms with Crippen LogP contribution in [0.15, 0.2) is 36.5 Å². The Morgan fingerprint density at radius 1 is 1.15 bits per heavy atom. The average Bonchev–Trinajstić information content (AvgIpc) is 3.33. The molecule has 0 amide bonds. The van der Waals surface area contributed by atoms with Gasteiger partial charge in [-0.1, -0.05) is 12.8 Å². The maximum atomic E-state index is 5.80. The Balaban J connectivity index is 1.43. The zero-order valence-corrected chi connectivity index (χ0v) is 20.2. The van der Waals surface area contributed by atoms with E-state index in [1.165, 1.54) is 36.9 Å². The first-order valence-corrected chi connectivity index (χ1v) is 12.1. The number of methoxy groups -OCH3 is 1. The lowest BCUT2D eigenvalue weighted by molar-refractivity contribution is 0.353. The molecule has 1 saturated heterocycles. The molecule has 2 aromatic carbocycles. The van der Waals surface area contributed by atoms with Crippen molar-refractivity contribution in [3.63, 3.8) is 0 Å². The fourth-order valence-corrected chi connectivity index (χ4v) is 5.43. The largest absolute Gasteiger partial charge is 0.496 e. The lowest BCUT2D eigenvalue weighted by Gasteiger charge is -2.40. The van der Waals surface area contributed by atoms with E-state index in [9.17, 15) is 0 Å². The molecule has 0 radical (unpaired) electrons. The molecule has 0 bridgehead atoms. The van der Waals surface area contributed by atoms with Gasteiger partial charge in [0, 0.05) is 53.7 Å². The monoisotopic (exact) mass is 445 g/mol. The number of rotatable bonds is 5. The predicted molar refractivity (Wildman–Crippen MR) is 136 cm³/mol. The number of aryl methyl sites for hydroxylation is 1. The number of aromatic nitrogens is 2. The lowest BCUT2D eigenvalue weighted by atomic mass is 9.92. The molecule has 2 N–H and O–H groups in total. The van der Waals surface area contributed by atoms with Gasteiger partial charge in [-0.2, -0.15) is 0 Å². The highest BCUT2D eigenvalue weighted by Gasteiger charge is 2.26. The van der Waals surface area contributed by atoms with E-state index in [0.717, 1.165) is 47.5 Å². The number of fused-ring (bicyclic) bond motifs is 1. The van der Waals surface area contributed by atoms with Crippen LogP contribution in [0.2, 0.25) is 0 Å². The first kappa shape index (κ1) is 22.0. The van der Waals surface area contributed by atoms with Crippen LogP contribution in [0, 0.1) is 6.92 Å². The standard InChI is InChI=1S/C27H35N5O/c1-18-15-23(33-4)24(19-7-5-6-8-19)25-22(18)16-28-26(31-25)30-20-9-11-21(12-10-20)32-14-13-29-27(2,3)17-32/h9-12,15-16,19,29H,5-8,13-14,17H2,1-4H3,(H,28,30,31). The second-order valence-corrected chi connectivity index (χ2v) is 10.2. The number of nitrogens with one attached hydrogen (secondary N) is 2. The lowest BCUT2D eigenvalue weighted by Crippen LogP contribution is -2.57. The topological polar surface area (TPSA) is 62.3 Å². The van der Waals surface area contributed by atoms with Crippen molar-refractivity contribution in [3.8, 4) is 5.75 Å². The van der Waals surface area contributed by atoms with E-state index in [0.29, 0.717) is 11.9 Å². The van der Waals surface area contributed by atoms with Gasteiger partial charge in [0.05, 0.1) is 12.6 Å². The molecule has 1 aromatic heterocycles. The minimum atomic E-state index is 0.129. The molecule has 0 unspecified atom stereocenters. The van der Waals surface area contributed by atoms with Crippen molar-refractivity contribution in [2.24, 2.45) is 0 Å². The Morgan fingerprint density at radius 2 is 1.91 bits per heavy atom. The van der Waals surface area contributed by atoms with Gasteiger partial charge in [-0.15, -0.1) is 0 Å². The van der Waals surface area contributed by atoms with Crippen LogP contribution >= 0.6 is 0 Å². The van der Waals surface area contributed by atoms with Crippen LogP contribution in [0.25, 0.3) is 10.9 Å². The predicted octanol–water partition coefficient (Wildman–Crippen LogP) is 5.54. The summed E-state index contributed by atoms with van der Waals surface area (Å²) in [6.07, 6.45) is 6.90. The number of hydrogen-bond donors (Lipinski definition) is 2. The zero-order chi connectivity index (χ0) is 23.0. The molecule has 2 heterocycles. The zero-order valence-electron chi connectivity index (χ0n) is 20.2. The van der Waals surface area contributed by atoms with Crippen LogP contribution in [-0.4, -0.2) is 42.3 Å². The van der Waals surface area contributed by atoms with Gasteiger partial charge in [-0.3, -0.25) is 0 Å². The fourth-order valence-electron chi connectivity index (χ4n) is 5.43. The molecule has 1 aliphatic carbocycles. The first-order valence-electron chi connectivity index (χ1n) is 12.1. The number of ether oxygens (including phenoxy) is 1. The summed E-state index contributed by atoms with van der Waals surface area (Å²) in [4.78, 5) is 12.1. The van der Waals surface area contributed by atoms with Crippen molar-refractivity contribution < 1.29 is 4.74 Å². The summed E-state index contributed by atoms with van der Waals surface area (Å²) in [5, 5.41) is 8.11. The summed E-state index contributed by atoms with van der Waals surface area (Å²) >= 11 is 0. The molecule has 1 saturated carbocycles. The Kier molecular flexibility index (Phi) is 5.87. The van der Waals surface area contributed by atoms with Gasteiger partial charge in [0.2, 0.25) is 5.95 Å². The van der Waals surface area contributed by atoms with Crippen molar-refractivity contribution in [3.05, 3.63) is 47.7 Å². The normalized spacial score (nSPS) is 18.6. The van der Waals surface area contributed by atoms with E-state index in [1.54, 1.807) is 7.11 Å². The van der Waals surface area contributed by atoms with Crippen molar-refractivity contribution in [2.45, 2.75) is 57.9 Å². The highest BCUT2D eigenvalue weighted by molar-refractivity contribution is 5.88. The van der Waals surface area contributed by atoms with Crippen LogP contribution < -0.4 is 20.3 Å². The van der Waals surface area contributed by atoms with Crippen LogP contribution in [0.4, 0.5) is 17.3 Å². The smallest absolute Gasteiger partial charge is 0.227 e. The Morgan fingerprint density at radius 3 is 2.61 bits per heavy atom. The number of anilines is 3. The molecule has 3 aromatic rings. The number of nitrogens with zero attached hydrogens (tertiary/aromatic N) is 3. The quantitative estimate of drug-likeness (QED) is 0.538. The Hall–Kier alpha value is -2.86. The molecule has 5 rings (SSSR count). The molecule has 2 aliphatic rings. The van der Waals surface area contributed by atoms with Crippen LogP contribution in [0.3, 0.4) is 0 Å². The maximum Gasteiger partial charge on any atom is 0.227 e. The Bertz CT molecular complexity index is 1140. The van der Waals surface area contributed by atoms with Crippen molar-refractivity contribution in [1.29, 1.82) is 0 Å². The molecule has 174 valence electrons. The molecule has 33 heavy (non-hydrogen) atoms. The number of piperazine rings is 1. The molecule has 1 aliphatic heterocycles. The number of hydrogen-bond acceptors (Lipinski definition) is 6. The van der Waals surface area contributed by atoms with Gasteiger partial charge in [0.15, 0.2) is 0 Å². The average molecular weight is 446 g/mol. The van der Waals surface area contributed by atoms with Crippen molar-refractivity contribution >= 4 is 28.2 Å². The van der Waals surface area contributed by atoms with Gasteiger partial charge in [-0.25, -0.2) is 9.97 Å². The Labute approximate surface area is 196 Å². The number of benzene rings is 2. The first-order chi connectivity index (χ1) is 15.9. The highest BCUT2D eigenvalue weighted by Crippen LogP contribution is 2.43. The van der Waals surface area contributed by atoms with Crippen molar-refractivity contribution in [1.82, 2.24) is 15.3 Å². The minimum Gasteiger partial charge on any atom is -0.496 e. The third kappa shape index (κ3) is 4.49. The van der Waals surface area contributed by atoms with Gasteiger partial charge >= 0.3 is 0 Å². The molecule has 6 nitrogen and oxygen atoms in total. The van der Waals surface area contributed by atoms with E-state index in [2.05, 4.69) is 71.6 Å². The summed E-state index contributed by atoms with van der Waals surface area (Å²) < 4.78 is 5.80. The van der Waals surface area contributed by atoms with E-state index in [-0.39, 0.29) is 5.54 Å².